The minimum Gasteiger partial charge on any atom is -0.348 e. The molecule has 0 bridgehead atoms. The summed E-state index contributed by atoms with van der Waals surface area (Å²) in [6.45, 7) is 1.33. The molecule has 1 fully saturated rings. The van der Waals surface area contributed by atoms with E-state index >= 15 is 0 Å². The number of hydrogen-bond acceptors (Lipinski definition) is 2. The van der Waals surface area contributed by atoms with Crippen LogP contribution in [0.15, 0.2) is 47.1 Å². The number of Topliss-reactive ketones (excluding diaryl/α,β-unsaturated/α-hetero) is 1. The summed E-state index contributed by atoms with van der Waals surface area (Å²) < 4.78 is 2.98. The van der Waals surface area contributed by atoms with Crippen molar-refractivity contribution in [3.63, 3.8) is 0 Å². The highest BCUT2D eigenvalue weighted by atomic mass is 79.9. The first-order valence-electron chi connectivity index (χ1n) is 7.26. The molecular formula is C17H19BrN2O. The molecule has 1 aromatic carbocycles. The first kappa shape index (κ1) is 14.5. The van der Waals surface area contributed by atoms with Crippen molar-refractivity contribution in [1.82, 2.24) is 9.47 Å². The Balaban J connectivity index is 1.71. The number of carbonyl (C=O) groups excluding carboxylic acids is 1. The van der Waals surface area contributed by atoms with E-state index in [9.17, 15) is 4.79 Å². The third-order valence-electron chi connectivity index (χ3n) is 3.91. The van der Waals surface area contributed by atoms with Gasteiger partial charge >= 0.3 is 0 Å². The highest BCUT2D eigenvalue weighted by molar-refractivity contribution is 9.10. The van der Waals surface area contributed by atoms with E-state index in [4.69, 9.17) is 0 Å². The van der Waals surface area contributed by atoms with Crippen molar-refractivity contribution in [2.24, 2.45) is 7.05 Å². The molecular weight excluding hydrogens is 328 g/mol. The van der Waals surface area contributed by atoms with Crippen LogP contribution in [0.2, 0.25) is 0 Å². The Morgan fingerprint density at radius 1 is 1.33 bits per heavy atom. The van der Waals surface area contributed by atoms with Gasteiger partial charge in [-0.15, -0.1) is 0 Å². The number of rotatable bonds is 6. The molecule has 1 aliphatic rings. The summed E-state index contributed by atoms with van der Waals surface area (Å²) in [7, 11) is 1.92. The van der Waals surface area contributed by atoms with Gasteiger partial charge in [-0.3, -0.25) is 9.69 Å². The Morgan fingerprint density at radius 2 is 2.14 bits per heavy atom. The van der Waals surface area contributed by atoms with E-state index in [1.807, 2.05) is 42.1 Å². The number of benzene rings is 1. The largest absolute Gasteiger partial charge is 0.348 e. The van der Waals surface area contributed by atoms with Gasteiger partial charge in [0.1, 0.15) is 0 Å². The molecule has 1 saturated carbocycles. The summed E-state index contributed by atoms with van der Waals surface area (Å²) in [5.74, 6) is 0.199. The van der Waals surface area contributed by atoms with E-state index in [0.29, 0.717) is 12.6 Å². The van der Waals surface area contributed by atoms with Crippen LogP contribution in [0.5, 0.6) is 0 Å². The average molecular weight is 347 g/mol. The molecule has 1 aromatic heterocycles. The molecule has 2 aromatic rings. The minimum absolute atomic E-state index is 0.199. The van der Waals surface area contributed by atoms with Gasteiger partial charge in [0.2, 0.25) is 0 Å². The summed E-state index contributed by atoms with van der Waals surface area (Å²) in [5, 5.41) is 0. The predicted molar refractivity (Wildman–Crippen MR) is 87.3 cm³/mol. The SMILES string of the molecule is Cn1cccc1C(=O)CN(Cc1cccc(Br)c1)C1CC1. The second-order valence-electron chi connectivity index (χ2n) is 5.69. The zero-order valence-electron chi connectivity index (χ0n) is 12.1. The number of ketones is 1. The van der Waals surface area contributed by atoms with Crippen molar-refractivity contribution in [3.8, 4) is 0 Å². The van der Waals surface area contributed by atoms with Crippen LogP contribution in [-0.2, 0) is 13.6 Å². The quantitative estimate of drug-likeness (QED) is 0.746. The number of nitrogens with zero attached hydrogens (tertiary/aromatic N) is 2. The van der Waals surface area contributed by atoms with E-state index < -0.39 is 0 Å². The fraction of sp³-hybridized carbons (Fsp3) is 0.353. The summed E-state index contributed by atoms with van der Waals surface area (Å²) in [6, 6.07) is 12.7. The van der Waals surface area contributed by atoms with Crippen molar-refractivity contribution in [3.05, 3.63) is 58.3 Å². The van der Waals surface area contributed by atoms with Gasteiger partial charge < -0.3 is 4.57 Å². The Kier molecular flexibility index (Phi) is 4.27. The third kappa shape index (κ3) is 3.63. The molecule has 1 aliphatic carbocycles. The van der Waals surface area contributed by atoms with Crippen LogP contribution in [0.1, 0.15) is 28.9 Å². The van der Waals surface area contributed by atoms with E-state index in [1.54, 1.807) is 0 Å². The Bertz CT molecular complexity index is 646. The molecule has 0 unspecified atom stereocenters. The smallest absolute Gasteiger partial charge is 0.193 e. The lowest BCUT2D eigenvalue weighted by atomic mass is 10.2. The maximum Gasteiger partial charge on any atom is 0.193 e. The molecule has 0 aliphatic heterocycles. The van der Waals surface area contributed by atoms with Crippen LogP contribution < -0.4 is 0 Å². The molecule has 0 N–H and O–H groups in total. The molecule has 0 radical (unpaired) electrons. The normalized spacial score (nSPS) is 14.6. The first-order chi connectivity index (χ1) is 10.1. The monoisotopic (exact) mass is 346 g/mol. The van der Waals surface area contributed by atoms with Gasteiger partial charge in [-0.1, -0.05) is 28.1 Å². The maximum absolute atomic E-state index is 12.5. The fourth-order valence-corrected chi connectivity index (χ4v) is 3.09. The lowest BCUT2D eigenvalue weighted by Crippen LogP contribution is -2.32. The molecule has 21 heavy (non-hydrogen) atoms. The summed E-state index contributed by atoms with van der Waals surface area (Å²) in [5.41, 5.74) is 2.03. The van der Waals surface area contributed by atoms with Crippen molar-refractivity contribution < 1.29 is 4.79 Å². The number of halogens is 1. The van der Waals surface area contributed by atoms with Gasteiger partial charge in [0.05, 0.1) is 12.2 Å². The molecule has 0 amide bonds. The summed E-state index contributed by atoms with van der Waals surface area (Å²) in [6.07, 6.45) is 4.33. The Morgan fingerprint density at radius 3 is 2.76 bits per heavy atom. The maximum atomic E-state index is 12.5. The third-order valence-corrected chi connectivity index (χ3v) is 4.41. The fourth-order valence-electron chi connectivity index (χ4n) is 2.64. The molecule has 1 heterocycles. The van der Waals surface area contributed by atoms with Gasteiger partial charge in [0.15, 0.2) is 5.78 Å². The van der Waals surface area contributed by atoms with Crippen molar-refractivity contribution in [2.75, 3.05) is 6.54 Å². The highest BCUT2D eigenvalue weighted by Gasteiger charge is 2.30. The zero-order chi connectivity index (χ0) is 14.8. The van der Waals surface area contributed by atoms with Gasteiger partial charge in [-0.05, 0) is 42.7 Å². The molecule has 110 valence electrons. The van der Waals surface area contributed by atoms with Gasteiger partial charge in [0.25, 0.3) is 0 Å². The minimum atomic E-state index is 0.199. The molecule has 3 rings (SSSR count). The first-order valence-corrected chi connectivity index (χ1v) is 8.06. The number of aromatic nitrogens is 1. The van der Waals surface area contributed by atoms with Gasteiger partial charge in [0, 0.05) is 30.3 Å². The Hall–Kier alpha value is -1.39. The average Bonchev–Trinajstić information content (AvgIpc) is 3.20. The van der Waals surface area contributed by atoms with Crippen LogP contribution >= 0.6 is 15.9 Å². The van der Waals surface area contributed by atoms with E-state index in [1.165, 1.54) is 18.4 Å². The van der Waals surface area contributed by atoms with Crippen LogP contribution in [0.4, 0.5) is 0 Å². The molecule has 0 atom stereocenters. The van der Waals surface area contributed by atoms with Crippen LogP contribution in [0, 0.1) is 0 Å². The second kappa shape index (κ2) is 6.16. The predicted octanol–water partition coefficient (Wildman–Crippen LogP) is 3.63. The molecule has 3 nitrogen and oxygen atoms in total. The standard InChI is InChI=1S/C17H19BrN2O/c1-19-9-3-6-16(19)17(21)12-20(15-7-8-15)11-13-4-2-5-14(18)10-13/h2-6,9-10,15H,7-8,11-12H2,1H3. The summed E-state index contributed by atoms with van der Waals surface area (Å²) in [4.78, 5) is 14.8. The number of hydrogen-bond donors (Lipinski definition) is 0. The second-order valence-corrected chi connectivity index (χ2v) is 6.61. The molecule has 0 saturated heterocycles. The summed E-state index contributed by atoms with van der Waals surface area (Å²) >= 11 is 3.51. The van der Waals surface area contributed by atoms with Crippen LogP contribution in [-0.4, -0.2) is 27.8 Å². The van der Waals surface area contributed by atoms with Crippen molar-refractivity contribution in [2.45, 2.75) is 25.4 Å². The number of carbonyl (C=O) groups is 1. The van der Waals surface area contributed by atoms with E-state index in [-0.39, 0.29) is 5.78 Å². The highest BCUT2D eigenvalue weighted by Crippen LogP contribution is 2.29. The lowest BCUT2D eigenvalue weighted by molar-refractivity contribution is 0.0911. The molecule has 0 spiro atoms. The van der Waals surface area contributed by atoms with Gasteiger partial charge in [-0.2, -0.15) is 0 Å². The Labute approximate surface area is 133 Å². The van der Waals surface area contributed by atoms with E-state index in [0.717, 1.165) is 16.7 Å². The molecule has 4 heteroatoms. The van der Waals surface area contributed by atoms with Crippen molar-refractivity contribution in [1.29, 1.82) is 0 Å². The topological polar surface area (TPSA) is 25.2 Å². The van der Waals surface area contributed by atoms with Crippen molar-refractivity contribution >= 4 is 21.7 Å². The number of aryl methyl sites for hydroxylation is 1. The van der Waals surface area contributed by atoms with Gasteiger partial charge in [-0.25, -0.2) is 0 Å². The van der Waals surface area contributed by atoms with Crippen LogP contribution in [0.25, 0.3) is 0 Å². The van der Waals surface area contributed by atoms with E-state index in [2.05, 4.69) is 33.0 Å². The van der Waals surface area contributed by atoms with Crippen LogP contribution in [0.3, 0.4) is 0 Å². The lowest BCUT2D eigenvalue weighted by Gasteiger charge is -2.21. The zero-order valence-corrected chi connectivity index (χ0v) is 13.7.